The van der Waals surface area contributed by atoms with Crippen molar-refractivity contribution in [3.05, 3.63) is 28.0 Å². The van der Waals surface area contributed by atoms with E-state index in [9.17, 15) is 4.79 Å². The number of carboxylic acid groups (broad SMARTS) is 1. The second-order valence-corrected chi connectivity index (χ2v) is 5.25. The number of rotatable bonds is 8. The first-order chi connectivity index (χ1) is 8.67. The second-order valence-electron chi connectivity index (χ2n) is 4.25. The Bertz CT molecular complexity index is 392. The monoisotopic (exact) mass is 267 g/mol. The Balaban J connectivity index is 2.70. The van der Waals surface area contributed by atoms with Gasteiger partial charge in [0.2, 0.25) is 0 Å². The van der Waals surface area contributed by atoms with Crippen molar-refractivity contribution in [1.29, 1.82) is 0 Å². The highest BCUT2D eigenvalue weighted by atomic mass is 32.1. The Morgan fingerprint density at radius 1 is 1.39 bits per heavy atom. The largest absolute Gasteiger partial charge is 0.478 e. The molecule has 0 amide bonds. The van der Waals surface area contributed by atoms with Gasteiger partial charge in [-0.1, -0.05) is 13.8 Å². The summed E-state index contributed by atoms with van der Waals surface area (Å²) in [5.41, 5.74) is 1.03. The Morgan fingerprint density at radius 3 is 2.61 bits per heavy atom. The minimum atomic E-state index is -0.897. The predicted octanol–water partition coefficient (Wildman–Crippen LogP) is 3.47. The molecule has 1 aromatic rings. The van der Waals surface area contributed by atoms with E-state index in [0.717, 1.165) is 38.0 Å². The van der Waals surface area contributed by atoms with Crippen LogP contribution in [0, 0.1) is 0 Å². The van der Waals surface area contributed by atoms with Gasteiger partial charge in [-0.2, -0.15) is 0 Å². The number of nitrogens with zero attached hydrogens (tertiary/aromatic N) is 1. The third kappa shape index (κ3) is 5.02. The summed E-state index contributed by atoms with van der Waals surface area (Å²) in [6.07, 6.45) is 5.18. The highest BCUT2D eigenvalue weighted by Gasteiger charge is 2.08. The molecule has 0 atom stereocenters. The molecule has 1 heterocycles. The summed E-state index contributed by atoms with van der Waals surface area (Å²) in [5.74, 6) is -0.897. The molecule has 1 N–H and O–H groups in total. The average molecular weight is 267 g/mol. The molecular formula is C14H21NO2S. The van der Waals surface area contributed by atoms with Crippen LogP contribution in [0.4, 0.5) is 0 Å². The fraction of sp³-hybridized carbons (Fsp3) is 0.500. The predicted molar refractivity (Wildman–Crippen MR) is 76.8 cm³/mol. The SMILES string of the molecule is CCCN(CCC)Cc1sccc1C=CC(=O)O. The summed E-state index contributed by atoms with van der Waals surface area (Å²) in [7, 11) is 0. The van der Waals surface area contributed by atoms with Crippen molar-refractivity contribution >= 4 is 23.4 Å². The fourth-order valence-corrected chi connectivity index (χ4v) is 2.80. The van der Waals surface area contributed by atoms with E-state index in [1.165, 1.54) is 11.0 Å². The maximum absolute atomic E-state index is 10.5. The van der Waals surface area contributed by atoms with Crippen LogP contribution in [0.15, 0.2) is 17.5 Å². The maximum Gasteiger partial charge on any atom is 0.328 e. The van der Waals surface area contributed by atoms with E-state index in [1.54, 1.807) is 17.4 Å². The van der Waals surface area contributed by atoms with E-state index in [0.29, 0.717) is 0 Å². The molecule has 0 saturated heterocycles. The van der Waals surface area contributed by atoms with E-state index in [2.05, 4.69) is 18.7 Å². The van der Waals surface area contributed by atoms with Gasteiger partial charge in [0.1, 0.15) is 0 Å². The van der Waals surface area contributed by atoms with Crippen LogP contribution in [0.3, 0.4) is 0 Å². The number of thiophene rings is 1. The van der Waals surface area contributed by atoms with Crippen LogP contribution in [-0.2, 0) is 11.3 Å². The first-order valence-electron chi connectivity index (χ1n) is 6.37. The number of carboxylic acids is 1. The van der Waals surface area contributed by atoms with Crippen LogP contribution >= 0.6 is 11.3 Å². The normalized spacial score (nSPS) is 11.5. The minimum Gasteiger partial charge on any atom is -0.478 e. The number of aliphatic carboxylic acids is 1. The van der Waals surface area contributed by atoms with Gasteiger partial charge in [0.05, 0.1) is 0 Å². The average Bonchev–Trinajstić information content (AvgIpc) is 2.74. The Morgan fingerprint density at radius 2 is 2.06 bits per heavy atom. The van der Waals surface area contributed by atoms with E-state index < -0.39 is 5.97 Å². The van der Waals surface area contributed by atoms with Crippen molar-refractivity contribution in [3.8, 4) is 0 Å². The third-order valence-corrected chi connectivity index (χ3v) is 3.55. The van der Waals surface area contributed by atoms with Crippen LogP contribution in [-0.4, -0.2) is 29.1 Å². The topological polar surface area (TPSA) is 40.5 Å². The van der Waals surface area contributed by atoms with E-state index in [-0.39, 0.29) is 0 Å². The Kier molecular flexibility index (Phi) is 6.68. The molecule has 1 aromatic heterocycles. The van der Waals surface area contributed by atoms with Crippen LogP contribution in [0.5, 0.6) is 0 Å². The van der Waals surface area contributed by atoms with Crippen LogP contribution in [0.25, 0.3) is 6.08 Å². The highest BCUT2D eigenvalue weighted by molar-refractivity contribution is 7.10. The van der Waals surface area contributed by atoms with Crippen LogP contribution in [0.1, 0.15) is 37.1 Å². The van der Waals surface area contributed by atoms with Crippen molar-refractivity contribution in [3.63, 3.8) is 0 Å². The lowest BCUT2D eigenvalue weighted by molar-refractivity contribution is -0.131. The molecule has 0 fully saturated rings. The minimum absolute atomic E-state index is 0.897. The number of carbonyl (C=O) groups is 1. The van der Waals surface area contributed by atoms with E-state index in [1.807, 2.05) is 11.4 Å². The second kappa shape index (κ2) is 8.06. The zero-order chi connectivity index (χ0) is 13.4. The number of hydrogen-bond donors (Lipinski definition) is 1. The lowest BCUT2D eigenvalue weighted by atomic mass is 10.2. The molecule has 100 valence electrons. The first-order valence-corrected chi connectivity index (χ1v) is 7.25. The maximum atomic E-state index is 10.5. The summed E-state index contributed by atoms with van der Waals surface area (Å²) in [6.45, 7) is 7.46. The standard InChI is InChI=1S/C14H21NO2S/c1-3-8-15(9-4-2)11-13-12(7-10-18-13)5-6-14(16)17/h5-7,10H,3-4,8-9,11H2,1-2H3,(H,16,17). The molecule has 0 unspecified atom stereocenters. The van der Waals surface area contributed by atoms with Crippen LogP contribution in [0.2, 0.25) is 0 Å². The summed E-state index contributed by atoms with van der Waals surface area (Å²) in [6, 6.07) is 1.98. The Hall–Kier alpha value is -1.13. The van der Waals surface area contributed by atoms with Crippen LogP contribution < -0.4 is 0 Å². The smallest absolute Gasteiger partial charge is 0.328 e. The highest BCUT2D eigenvalue weighted by Crippen LogP contribution is 2.20. The molecule has 18 heavy (non-hydrogen) atoms. The lowest BCUT2D eigenvalue weighted by Gasteiger charge is -2.20. The zero-order valence-corrected chi connectivity index (χ0v) is 11.9. The van der Waals surface area contributed by atoms with Crippen molar-refractivity contribution in [1.82, 2.24) is 4.90 Å². The quantitative estimate of drug-likeness (QED) is 0.733. The van der Waals surface area contributed by atoms with E-state index >= 15 is 0 Å². The van der Waals surface area contributed by atoms with Gasteiger partial charge >= 0.3 is 5.97 Å². The summed E-state index contributed by atoms with van der Waals surface area (Å²) in [5, 5.41) is 10.7. The molecule has 0 saturated carbocycles. The summed E-state index contributed by atoms with van der Waals surface area (Å²) >= 11 is 1.70. The molecule has 1 rings (SSSR count). The van der Waals surface area contributed by atoms with Gasteiger partial charge in [0, 0.05) is 17.5 Å². The fourth-order valence-electron chi connectivity index (χ4n) is 1.89. The van der Waals surface area contributed by atoms with Gasteiger partial charge in [-0.15, -0.1) is 11.3 Å². The molecule has 0 aromatic carbocycles. The van der Waals surface area contributed by atoms with Gasteiger partial charge in [0.25, 0.3) is 0 Å². The molecular weight excluding hydrogens is 246 g/mol. The van der Waals surface area contributed by atoms with Gasteiger partial charge in [-0.05, 0) is 49.0 Å². The Labute approximate surface area is 113 Å². The van der Waals surface area contributed by atoms with Gasteiger partial charge < -0.3 is 5.11 Å². The van der Waals surface area contributed by atoms with Crippen molar-refractivity contribution in [2.45, 2.75) is 33.2 Å². The molecule has 0 aliphatic rings. The third-order valence-electron chi connectivity index (χ3n) is 2.63. The molecule has 0 aliphatic carbocycles. The van der Waals surface area contributed by atoms with Gasteiger partial charge in [-0.25, -0.2) is 4.79 Å². The molecule has 0 radical (unpaired) electrons. The molecule has 0 bridgehead atoms. The van der Waals surface area contributed by atoms with Crippen molar-refractivity contribution < 1.29 is 9.90 Å². The lowest BCUT2D eigenvalue weighted by Crippen LogP contribution is -2.24. The summed E-state index contributed by atoms with van der Waals surface area (Å²) < 4.78 is 0. The van der Waals surface area contributed by atoms with Gasteiger partial charge in [0.15, 0.2) is 0 Å². The van der Waals surface area contributed by atoms with Crippen molar-refractivity contribution in [2.75, 3.05) is 13.1 Å². The van der Waals surface area contributed by atoms with E-state index in [4.69, 9.17) is 5.11 Å². The number of hydrogen-bond acceptors (Lipinski definition) is 3. The zero-order valence-electron chi connectivity index (χ0n) is 11.1. The summed E-state index contributed by atoms with van der Waals surface area (Å²) in [4.78, 5) is 14.2. The molecule has 3 nitrogen and oxygen atoms in total. The molecule has 4 heteroatoms. The first kappa shape index (κ1) is 14.9. The van der Waals surface area contributed by atoms with Gasteiger partial charge in [-0.3, -0.25) is 4.90 Å². The molecule has 0 aliphatic heterocycles. The molecule has 0 spiro atoms. The van der Waals surface area contributed by atoms with Crippen molar-refractivity contribution in [2.24, 2.45) is 0 Å².